The number of Topliss-reactive ketones (excluding diaryl/α,β-unsaturated/α-hetero) is 1. The normalized spacial score (nSPS) is 28.7. The molecule has 0 radical (unpaired) electrons. The first-order valence-corrected chi connectivity index (χ1v) is 7.29. The number of hydrogen-bond acceptors (Lipinski definition) is 3. The van der Waals surface area contributed by atoms with Gasteiger partial charge in [0.25, 0.3) is 0 Å². The van der Waals surface area contributed by atoms with Crippen LogP contribution in [0.4, 0.5) is 0 Å². The van der Waals surface area contributed by atoms with Crippen molar-refractivity contribution in [1.29, 1.82) is 0 Å². The largest absolute Gasteiger partial charge is 0.316 e. The van der Waals surface area contributed by atoms with E-state index in [2.05, 4.69) is 34.5 Å². The lowest BCUT2D eigenvalue weighted by Gasteiger charge is -2.42. The fourth-order valence-electron chi connectivity index (χ4n) is 3.36. The van der Waals surface area contributed by atoms with Gasteiger partial charge in [0.2, 0.25) is 0 Å². The fraction of sp³-hybridized carbons (Fsp3) is 0.562. The van der Waals surface area contributed by atoms with E-state index in [4.69, 9.17) is 0 Å². The Kier molecular flexibility index (Phi) is 3.67. The summed E-state index contributed by atoms with van der Waals surface area (Å²) in [6.07, 6.45) is 3.24. The van der Waals surface area contributed by atoms with Gasteiger partial charge in [-0.1, -0.05) is 30.3 Å². The van der Waals surface area contributed by atoms with Crippen LogP contribution in [-0.4, -0.2) is 36.9 Å². The summed E-state index contributed by atoms with van der Waals surface area (Å²) in [6, 6.07) is 10.4. The Labute approximate surface area is 115 Å². The highest BCUT2D eigenvalue weighted by atomic mass is 16.1. The molecular weight excluding hydrogens is 236 g/mol. The third-order valence-corrected chi connectivity index (χ3v) is 4.59. The van der Waals surface area contributed by atoms with Gasteiger partial charge in [-0.15, -0.1) is 0 Å². The van der Waals surface area contributed by atoms with Gasteiger partial charge in [-0.3, -0.25) is 9.69 Å². The molecule has 0 amide bonds. The van der Waals surface area contributed by atoms with Gasteiger partial charge in [-0.05, 0) is 37.9 Å². The molecule has 1 N–H and O–H groups in total. The van der Waals surface area contributed by atoms with Gasteiger partial charge in [-0.2, -0.15) is 0 Å². The first-order chi connectivity index (χ1) is 9.28. The topological polar surface area (TPSA) is 32.3 Å². The molecule has 1 spiro atoms. The maximum Gasteiger partial charge on any atom is 0.154 e. The summed E-state index contributed by atoms with van der Waals surface area (Å²) in [5.41, 5.74) is 1.25. The van der Waals surface area contributed by atoms with Crippen LogP contribution in [0.3, 0.4) is 0 Å². The number of piperidine rings is 2. The van der Waals surface area contributed by atoms with Crippen LogP contribution in [0.2, 0.25) is 0 Å². The summed E-state index contributed by atoms with van der Waals surface area (Å²) >= 11 is 0. The summed E-state index contributed by atoms with van der Waals surface area (Å²) in [4.78, 5) is 14.8. The van der Waals surface area contributed by atoms with Crippen molar-refractivity contribution in [2.75, 3.05) is 26.2 Å². The van der Waals surface area contributed by atoms with Crippen LogP contribution in [0.15, 0.2) is 30.3 Å². The predicted molar refractivity (Wildman–Crippen MR) is 75.9 cm³/mol. The number of rotatable bonds is 2. The maximum absolute atomic E-state index is 12.5. The van der Waals surface area contributed by atoms with Gasteiger partial charge >= 0.3 is 0 Å². The molecule has 3 heteroatoms. The Bertz CT molecular complexity index is 437. The van der Waals surface area contributed by atoms with Gasteiger partial charge in [0, 0.05) is 18.5 Å². The first kappa shape index (κ1) is 12.8. The molecule has 0 aliphatic carbocycles. The van der Waals surface area contributed by atoms with Crippen LogP contribution in [0.5, 0.6) is 0 Å². The van der Waals surface area contributed by atoms with E-state index >= 15 is 0 Å². The first-order valence-electron chi connectivity index (χ1n) is 7.29. The molecule has 102 valence electrons. The van der Waals surface area contributed by atoms with E-state index in [-0.39, 0.29) is 5.41 Å². The summed E-state index contributed by atoms with van der Waals surface area (Å²) in [7, 11) is 0. The number of benzene rings is 1. The van der Waals surface area contributed by atoms with Gasteiger partial charge in [-0.25, -0.2) is 0 Å². The molecule has 1 unspecified atom stereocenters. The van der Waals surface area contributed by atoms with Crippen molar-refractivity contribution < 1.29 is 4.79 Å². The number of carbonyl (C=O) groups is 1. The van der Waals surface area contributed by atoms with E-state index in [0.29, 0.717) is 12.3 Å². The minimum absolute atomic E-state index is 0.0502. The van der Waals surface area contributed by atoms with Gasteiger partial charge < -0.3 is 5.32 Å². The Morgan fingerprint density at radius 2 is 2.05 bits per heavy atom. The van der Waals surface area contributed by atoms with Crippen molar-refractivity contribution in [3.8, 4) is 0 Å². The van der Waals surface area contributed by atoms with Crippen LogP contribution in [-0.2, 0) is 11.3 Å². The molecule has 2 heterocycles. The number of carbonyl (C=O) groups excluding carboxylic acids is 1. The minimum atomic E-state index is -0.0502. The maximum atomic E-state index is 12.5. The lowest BCUT2D eigenvalue weighted by molar-refractivity contribution is -0.135. The van der Waals surface area contributed by atoms with Crippen molar-refractivity contribution in [1.82, 2.24) is 10.2 Å². The summed E-state index contributed by atoms with van der Waals surface area (Å²) in [5, 5.41) is 3.40. The van der Waals surface area contributed by atoms with E-state index < -0.39 is 0 Å². The van der Waals surface area contributed by atoms with Gasteiger partial charge in [0.15, 0.2) is 5.78 Å². The Morgan fingerprint density at radius 3 is 2.74 bits per heavy atom. The molecule has 0 saturated carbocycles. The average molecular weight is 258 g/mol. The smallest absolute Gasteiger partial charge is 0.154 e. The lowest BCUT2D eigenvalue weighted by atomic mass is 9.72. The average Bonchev–Trinajstić information content (AvgIpc) is 2.46. The third kappa shape index (κ3) is 2.72. The highest BCUT2D eigenvalue weighted by molar-refractivity contribution is 5.87. The second kappa shape index (κ2) is 5.43. The lowest BCUT2D eigenvalue weighted by Crippen LogP contribution is -2.54. The summed E-state index contributed by atoms with van der Waals surface area (Å²) in [5.74, 6) is 0.446. The van der Waals surface area contributed by atoms with Gasteiger partial charge in [0.05, 0.1) is 6.54 Å². The molecule has 2 aliphatic heterocycles. The highest BCUT2D eigenvalue weighted by Crippen LogP contribution is 2.35. The van der Waals surface area contributed by atoms with Crippen LogP contribution in [0.25, 0.3) is 0 Å². The summed E-state index contributed by atoms with van der Waals surface area (Å²) < 4.78 is 0. The second-order valence-electron chi connectivity index (χ2n) is 5.93. The predicted octanol–water partition coefficient (Wildman–Crippen LogP) is 1.83. The molecule has 1 aromatic rings. The standard InChI is InChI=1S/C16H22N2O/c19-15-12-18(11-14-5-2-1-3-6-14)10-8-16(15)7-4-9-17-13-16/h1-3,5-6,17H,4,7-13H2. The van der Waals surface area contributed by atoms with Crippen LogP contribution < -0.4 is 5.32 Å². The highest BCUT2D eigenvalue weighted by Gasteiger charge is 2.42. The Hall–Kier alpha value is -1.19. The van der Waals surface area contributed by atoms with E-state index in [1.807, 2.05) is 6.07 Å². The van der Waals surface area contributed by atoms with E-state index in [1.54, 1.807) is 0 Å². The molecule has 0 aromatic heterocycles. The Morgan fingerprint density at radius 1 is 1.21 bits per heavy atom. The number of hydrogen-bond donors (Lipinski definition) is 1. The van der Waals surface area contributed by atoms with Crippen LogP contribution in [0.1, 0.15) is 24.8 Å². The molecule has 2 saturated heterocycles. The molecule has 1 aromatic carbocycles. The second-order valence-corrected chi connectivity index (χ2v) is 5.93. The Balaban J connectivity index is 1.62. The monoisotopic (exact) mass is 258 g/mol. The molecule has 3 rings (SSSR count). The fourth-order valence-corrected chi connectivity index (χ4v) is 3.36. The quantitative estimate of drug-likeness (QED) is 0.878. The van der Waals surface area contributed by atoms with E-state index in [9.17, 15) is 4.79 Å². The van der Waals surface area contributed by atoms with Gasteiger partial charge in [0.1, 0.15) is 0 Å². The zero-order valence-electron chi connectivity index (χ0n) is 11.4. The zero-order chi connectivity index (χ0) is 13.1. The molecule has 3 nitrogen and oxygen atoms in total. The molecular formula is C16H22N2O. The van der Waals surface area contributed by atoms with Crippen LogP contribution in [0, 0.1) is 5.41 Å². The molecule has 2 aliphatic rings. The summed E-state index contributed by atoms with van der Waals surface area (Å²) in [6.45, 7) is 4.53. The minimum Gasteiger partial charge on any atom is -0.316 e. The van der Waals surface area contributed by atoms with Crippen molar-refractivity contribution in [3.05, 3.63) is 35.9 Å². The van der Waals surface area contributed by atoms with Crippen LogP contribution >= 0.6 is 0 Å². The van der Waals surface area contributed by atoms with Crippen molar-refractivity contribution in [2.45, 2.75) is 25.8 Å². The third-order valence-electron chi connectivity index (χ3n) is 4.59. The number of likely N-dealkylation sites (tertiary alicyclic amines) is 1. The molecule has 19 heavy (non-hydrogen) atoms. The number of nitrogens with one attached hydrogen (secondary N) is 1. The van der Waals surface area contributed by atoms with Crippen molar-refractivity contribution in [3.63, 3.8) is 0 Å². The van der Waals surface area contributed by atoms with E-state index in [1.165, 1.54) is 5.56 Å². The number of ketones is 1. The molecule has 0 bridgehead atoms. The molecule has 2 fully saturated rings. The zero-order valence-corrected chi connectivity index (χ0v) is 11.4. The van der Waals surface area contributed by atoms with E-state index in [0.717, 1.165) is 45.4 Å². The van der Waals surface area contributed by atoms with Crippen molar-refractivity contribution >= 4 is 5.78 Å². The number of nitrogens with zero attached hydrogens (tertiary/aromatic N) is 1. The van der Waals surface area contributed by atoms with Crippen molar-refractivity contribution in [2.24, 2.45) is 5.41 Å². The molecule has 1 atom stereocenters. The SMILES string of the molecule is O=C1CN(Cc2ccccc2)CCC12CCCNC2.